The fourth-order valence-corrected chi connectivity index (χ4v) is 1.83. The first-order valence-corrected chi connectivity index (χ1v) is 6.49. The second-order valence-electron chi connectivity index (χ2n) is 4.26. The molecular formula is C14H11ClN2O5. The molecule has 0 saturated carbocycles. The highest BCUT2D eigenvalue weighted by Crippen LogP contribution is 2.28. The fraction of sp³-hybridized carbons (Fsp3) is 0.0714. The van der Waals surface area contributed by atoms with Gasteiger partial charge in [0.15, 0.2) is 6.61 Å². The third kappa shape index (κ3) is 4.10. The minimum Gasteiger partial charge on any atom is -0.508 e. The summed E-state index contributed by atoms with van der Waals surface area (Å²) in [5, 5.41) is 22.3. The molecule has 0 aromatic heterocycles. The van der Waals surface area contributed by atoms with Gasteiger partial charge in [0.2, 0.25) is 0 Å². The summed E-state index contributed by atoms with van der Waals surface area (Å²) in [6.45, 7) is -0.307. The molecule has 0 aliphatic rings. The zero-order valence-electron chi connectivity index (χ0n) is 11.2. The molecule has 22 heavy (non-hydrogen) atoms. The minimum absolute atomic E-state index is 0.0478. The Balaban J connectivity index is 1.93. The number of benzene rings is 2. The number of nitrogens with one attached hydrogen (secondary N) is 1. The van der Waals surface area contributed by atoms with Crippen LogP contribution >= 0.6 is 11.6 Å². The van der Waals surface area contributed by atoms with Crippen LogP contribution in [0.15, 0.2) is 42.5 Å². The van der Waals surface area contributed by atoms with Gasteiger partial charge in [0.1, 0.15) is 11.5 Å². The number of nitro benzene ring substituents is 1. The Bertz CT molecular complexity index is 703. The van der Waals surface area contributed by atoms with Crippen LogP contribution in [0.25, 0.3) is 0 Å². The number of phenolic OH excluding ortho intramolecular Hbond substituents is 1. The smallest absolute Gasteiger partial charge is 0.271 e. The molecule has 2 N–H and O–H groups in total. The van der Waals surface area contributed by atoms with Crippen molar-refractivity contribution in [1.29, 1.82) is 0 Å². The molecule has 0 fully saturated rings. The lowest BCUT2D eigenvalue weighted by atomic mass is 10.3. The Morgan fingerprint density at radius 3 is 2.55 bits per heavy atom. The number of rotatable bonds is 5. The van der Waals surface area contributed by atoms with E-state index in [0.717, 1.165) is 6.07 Å². The number of non-ortho nitro benzene ring substituents is 1. The van der Waals surface area contributed by atoms with Crippen LogP contribution in [0.4, 0.5) is 11.4 Å². The first-order valence-electron chi connectivity index (χ1n) is 6.11. The molecule has 1 amide bonds. The Labute approximate surface area is 130 Å². The molecule has 0 aliphatic carbocycles. The Kier molecular flexibility index (Phi) is 4.80. The lowest BCUT2D eigenvalue weighted by Crippen LogP contribution is -2.20. The van der Waals surface area contributed by atoms with E-state index >= 15 is 0 Å². The molecular weight excluding hydrogens is 312 g/mol. The third-order valence-electron chi connectivity index (χ3n) is 2.64. The Morgan fingerprint density at radius 1 is 1.27 bits per heavy atom. The molecule has 0 spiro atoms. The number of carbonyl (C=O) groups excluding carboxylic acids is 1. The topological polar surface area (TPSA) is 102 Å². The van der Waals surface area contributed by atoms with E-state index in [0.29, 0.717) is 5.69 Å². The van der Waals surface area contributed by atoms with Crippen LogP contribution in [0.1, 0.15) is 0 Å². The largest absolute Gasteiger partial charge is 0.508 e. The second kappa shape index (κ2) is 6.77. The average Bonchev–Trinajstić information content (AvgIpc) is 2.48. The van der Waals surface area contributed by atoms with Gasteiger partial charge in [-0.25, -0.2) is 0 Å². The minimum atomic E-state index is -0.576. The SMILES string of the molecule is O=C(COc1ccc([N+](=O)[O-])cc1Cl)Nc1ccc(O)cc1. The van der Waals surface area contributed by atoms with Crippen LogP contribution in [0.2, 0.25) is 5.02 Å². The molecule has 0 saturated heterocycles. The van der Waals surface area contributed by atoms with Crippen molar-refractivity contribution in [3.63, 3.8) is 0 Å². The van der Waals surface area contributed by atoms with Crippen molar-refractivity contribution >= 4 is 28.9 Å². The van der Waals surface area contributed by atoms with Crippen molar-refractivity contribution in [2.75, 3.05) is 11.9 Å². The molecule has 7 nitrogen and oxygen atoms in total. The van der Waals surface area contributed by atoms with E-state index in [4.69, 9.17) is 21.4 Å². The molecule has 0 aliphatic heterocycles. The van der Waals surface area contributed by atoms with E-state index in [1.807, 2.05) is 0 Å². The van der Waals surface area contributed by atoms with E-state index in [9.17, 15) is 14.9 Å². The van der Waals surface area contributed by atoms with Crippen molar-refractivity contribution in [1.82, 2.24) is 0 Å². The Morgan fingerprint density at radius 2 is 1.95 bits per heavy atom. The van der Waals surface area contributed by atoms with E-state index in [1.165, 1.54) is 36.4 Å². The maximum Gasteiger partial charge on any atom is 0.271 e. The van der Waals surface area contributed by atoms with Crippen molar-refractivity contribution in [2.24, 2.45) is 0 Å². The normalized spacial score (nSPS) is 10.0. The van der Waals surface area contributed by atoms with Crippen LogP contribution in [0.3, 0.4) is 0 Å². The van der Waals surface area contributed by atoms with Gasteiger partial charge in [-0.2, -0.15) is 0 Å². The van der Waals surface area contributed by atoms with Crippen LogP contribution in [-0.2, 0) is 4.79 Å². The van der Waals surface area contributed by atoms with Gasteiger partial charge in [0.25, 0.3) is 11.6 Å². The number of nitrogens with zero attached hydrogens (tertiary/aromatic N) is 1. The first-order chi connectivity index (χ1) is 10.5. The number of anilines is 1. The van der Waals surface area contributed by atoms with Crippen molar-refractivity contribution < 1.29 is 19.6 Å². The number of halogens is 1. The second-order valence-corrected chi connectivity index (χ2v) is 4.66. The molecule has 0 atom stereocenters. The maximum absolute atomic E-state index is 11.7. The average molecular weight is 323 g/mol. The van der Waals surface area contributed by atoms with Crippen molar-refractivity contribution in [3.8, 4) is 11.5 Å². The number of hydrogen-bond donors (Lipinski definition) is 2. The number of nitro groups is 1. The predicted octanol–water partition coefficient (Wildman–Crippen LogP) is 2.97. The zero-order valence-corrected chi connectivity index (χ0v) is 11.9. The summed E-state index contributed by atoms with van der Waals surface area (Å²) < 4.78 is 5.21. The molecule has 2 aromatic rings. The van der Waals surface area contributed by atoms with Gasteiger partial charge >= 0.3 is 0 Å². The summed E-state index contributed by atoms with van der Waals surface area (Å²) in [5.74, 6) is -0.167. The van der Waals surface area contributed by atoms with Gasteiger partial charge < -0.3 is 15.2 Å². The van der Waals surface area contributed by atoms with E-state index in [1.54, 1.807) is 0 Å². The molecule has 0 radical (unpaired) electrons. The summed E-state index contributed by atoms with van der Waals surface area (Å²) in [7, 11) is 0. The monoisotopic (exact) mass is 322 g/mol. The van der Waals surface area contributed by atoms with Crippen LogP contribution in [0, 0.1) is 10.1 Å². The standard InChI is InChI=1S/C14H11ClN2O5/c15-12-7-10(17(20)21)3-6-13(12)22-8-14(19)16-9-1-4-11(18)5-2-9/h1-7,18H,8H2,(H,16,19). The van der Waals surface area contributed by atoms with Gasteiger partial charge in [0.05, 0.1) is 9.95 Å². The molecule has 0 heterocycles. The Hall–Kier alpha value is -2.80. The number of aromatic hydroxyl groups is 1. The zero-order chi connectivity index (χ0) is 16.1. The lowest BCUT2D eigenvalue weighted by molar-refractivity contribution is -0.384. The predicted molar refractivity (Wildman–Crippen MR) is 80.3 cm³/mol. The highest BCUT2D eigenvalue weighted by molar-refractivity contribution is 6.32. The summed E-state index contributed by atoms with van der Waals surface area (Å²) in [5.41, 5.74) is 0.340. The van der Waals surface area contributed by atoms with Gasteiger partial charge in [-0.15, -0.1) is 0 Å². The van der Waals surface area contributed by atoms with Gasteiger partial charge in [-0.05, 0) is 30.3 Å². The fourth-order valence-electron chi connectivity index (χ4n) is 1.61. The van der Waals surface area contributed by atoms with Gasteiger partial charge in [0, 0.05) is 17.8 Å². The van der Waals surface area contributed by atoms with Gasteiger partial charge in [-0.1, -0.05) is 11.6 Å². The number of phenols is 1. The van der Waals surface area contributed by atoms with Gasteiger partial charge in [-0.3, -0.25) is 14.9 Å². The third-order valence-corrected chi connectivity index (χ3v) is 2.93. The van der Waals surface area contributed by atoms with E-state index in [2.05, 4.69) is 5.32 Å². The highest BCUT2D eigenvalue weighted by atomic mass is 35.5. The molecule has 8 heteroatoms. The number of ether oxygens (including phenoxy) is 1. The number of hydrogen-bond acceptors (Lipinski definition) is 5. The highest BCUT2D eigenvalue weighted by Gasteiger charge is 2.11. The summed E-state index contributed by atoms with van der Waals surface area (Å²) in [6.07, 6.45) is 0. The quantitative estimate of drug-likeness (QED) is 0.500. The number of carbonyl (C=O) groups is 1. The van der Waals surface area contributed by atoms with Crippen LogP contribution in [-0.4, -0.2) is 22.5 Å². The summed E-state index contributed by atoms with van der Waals surface area (Å²) >= 11 is 5.85. The molecule has 0 unspecified atom stereocenters. The molecule has 2 rings (SSSR count). The van der Waals surface area contributed by atoms with Crippen LogP contribution in [0.5, 0.6) is 11.5 Å². The van der Waals surface area contributed by atoms with Crippen LogP contribution < -0.4 is 10.1 Å². The first kappa shape index (κ1) is 15.6. The summed E-state index contributed by atoms with van der Waals surface area (Å²) in [4.78, 5) is 21.7. The van der Waals surface area contributed by atoms with E-state index in [-0.39, 0.29) is 28.8 Å². The van der Waals surface area contributed by atoms with E-state index < -0.39 is 10.8 Å². The molecule has 0 bridgehead atoms. The summed E-state index contributed by atoms with van der Waals surface area (Å²) in [6, 6.07) is 9.65. The molecule has 114 valence electrons. The van der Waals surface area contributed by atoms with Crippen molar-refractivity contribution in [2.45, 2.75) is 0 Å². The van der Waals surface area contributed by atoms with Crippen molar-refractivity contribution in [3.05, 3.63) is 57.6 Å². The number of amides is 1. The molecule has 2 aromatic carbocycles. The maximum atomic E-state index is 11.7. The lowest BCUT2D eigenvalue weighted by Gasteiger charge is -2.08.